The molecule has 8 nitrogen and oxygen atoms in total. The first-order valence-corrected chi connectivity index (χ1v) is 13.1. The summed E-state index contributed by atoms with van der Waals surface area (Å²) in [4.78, 5) is 39.7. The highest BCUT2D eigenvalue weighted by Crippen LogP contribution is 2.68. The number of benzene rings is 2. The maximum atomic E-state index is 14.9. The van der Waals surface area contributed by atoms with E-state index in [2.05, 4.69) is 15.7 Å². The molecule has 1 aliphatic heterocycles. The molecule has 3 atom stereocenters. The van der Waals surface area contributed by atoms with Crippen LogP contribution in [0.2, 0.25) is 0 Å². The molecule has 3 aliphatic rings. The molecule has 2 heterocycles. The lowest BCUT2D eigenvalue weighted by molar-refractivity contribution is -0.142. The van der Waals surface area contributed by atoms with Gasteiger partial charge in [-0.2, -0.15) is 27.1 Å². The van der Waals surface area contributed by atoms with Crippen LogP contribution < -0.4 is 15.5 Å². The summed E-state index contributed by atoms with van der Waals surface area (Å²) in [7, 11) is 1.35. The molecule has 3 unspecified atom stereocenters. The average Bonchev–Trinajstić information content (AvgIpc) is 3.42. The van der Waals surface area contributed by atoms with Crippen molar-refractivity contribution in [2.24, 2.45) is 5.92 Å². The second-order valence-electron chi connectivity index (χ2n) is 10.9. The van der Waals surface area contributed by atoms with Crippen molar-refractivity contribution in [1.82, 2.24) is 20.4 Å². The van der Waals surface area contributed by atoms with Gasteiger partial charge in [0, 0.05) is 48.8 Å². The summed E-state index contributed by atoms with van der Waals surface area (Å²) in [5.41, 5.74) is -1.80. The molecule has 1 saturated carbocycles. The zero-order valence-electron chi connectivity index (χ0n) is 22.2. The molecule has 43 heavy (non-hydrogen) atoms. The van der Waals surface area contributed by atoms with Crippen molar-refractivity contribution in [3.05, 3.63) is 81.7 Å². The minimum Gasteiger partial charge on any atom is -0.348 e. The van der Waals surface area contributed by atoms with Crippen LogP contribution in [0.15, 0.2) is 36.4 Å². The Hall–Kier alpha value is -4.43. The molecule has 0 radical (unpaired) electrons. The highest BCUT2D eigenvalue weighted by Gasteiger charge is 2.68. The van der Waals surface area contributed by atoms with Crippen molar-refractivity contribution in [2.75, 3.05) is 11.9 Å². The van der Waals surface area contributed by atoms with Gasteiger partial charge in [0.05, 0.1) is 0 Å². The minimum atomic E-state index is -5.03. The normalized spacial score (nSPS) is 20.1. The van der Waals surface area contributed by atoms with E-state index in [4.69, 9.17) is 0 Å². The van der Waals surface area contributed by atoms with Crippen molar-refractivity contribution in [2.45, 2.75) is 50.0 Å². The van der Waals surface area contributed by atoms with Gasteiger partial charge < -0.3 is 15.5 Å². The minimum absolute atomic E-state index is 0.0285. The van der Waals surface area contributed by atoms with Crippen LogP contribution in [0.1, 0.15) is 50.8 Å². The fourth-order valence-electron chi connectivity index (χ4n) is 5.92. The Morgan fingerprint density at radius 2 is 1.86 bits per heavy atom. The number of carbonyl (C=O) groups is 3. The first-order valence-electron chi connectivity index (χ1n) is 13.1. The van der Waals surface area contributed by atoms with Crippen LogP contribution in [0, 0.1) is 17.6 Å². The van der Waals surface area contributed by atoms with Crippen LogP contribution in [0.4, 0.5) is 36.4 Å². The third kappa shape index (κ3) is 4.99. The van der Waals surface area contributed by atoms with E-state index in [1.807, 2.05) is 0 Å². The first kappa shape index (κ1) is 28.7. The van der Waals surface area contributed by atoms with E-state index >= 15 is 0 Å². The first-order chi connectivity index (χ1) is 20.1. The molecule has 1 fully saturated rings. The highest BCUT2D eigenvalue weighted by molar-refractivity contribution is 6.01. The molecule has 0 saturated heterocycles. The van der Waals surface area contributed by atoms with Crippen LogP contribution in [0.5, 0.6) is 0 Å². The Morgan fingerprint density at radius 3 is 2.53 bits per heavy atom. The molecular weight excluding hydrogens is 587 g/mol. The van der Waals surface area contributed by atoms with Gasteiger partial charge >= 0.3 is 6.18 Å². The molecule has 15 heteroatoms. The van der Waals surface area contributed by atoms with E-state index in [0.29, 0.717) is 27.6 Å². The number of fused-ring (bicyclic) bond motifs is 4. The second-order valence-corrected chi connectivity index (χ2v) is 10.9. The number of likely N-dealkylation sites (N-methyl/N-ethyl adjacent to an activating group) is 1. The maximum Gasteiger partial charge on any atom is 0.435 e. The van der Waals surface area contributed by atoms with E-state index in [0.717, 1.165) is 17.0 Å². The van der Waals surface area contributed by atoms with Crippen LogP contribution in [-0.2, 0) is 41.2 Å². The van der Waals surface area contributed by atoms with Gasteiger partial charge in [-0.1, -0.05) is 0 Å². The highest BCUT2D eigenvalue weighted by atomic mass is 19.4. The molecule has 226 valence electrons. The number of carbonyl (C=O) groups excluding carboxylic acids is 3. The number of halogens is 7. The number of hydrogen-bond acceptors (Lipinski definition) is 4. The lowest BCUT2D eigenvalue weighted by Crippen LogP contribution is -2.49. The van der Waals surface area contributed by atoms with Crippen molar-refractivity contribution in [3.63, 3.8) is 0 Å². The fraction of sp³-hybridized carbons (Fsp3) is 0.357. The van der Waals surface area contributed by atoms with Crippen LogP contribution in [0.3, 0.4) is 0 Å². The van der Waals surface area contributed by atoms with Gasteiger partial charge in [-0.3, -0.25) is 19.1 Å². The lowest BCUT2D eigenvalue weighted by Gasteiger charge is -2.25. The molecular formula is C28H22F7N5O3. The Bertz CT molecular complexity index is 1670. The number of amides is 3. The number of rotatable bonds is 7. The van der Waals surface area contributed by atoms with Crippen LogP contribution in [-0.4, -0.2) is 40.6 Å². The molecule has 0 bridgehead atoms. The third-order valence-corrected chi connectivity index (χ3v) is 7.98. The largest absolute Gasteiger partial charge is 0.435 e. The van der Waals surface area contributed by atoms with Crippen molar-refractivity contribution in [1.29, 1.82) is 0 Å². The smallest absolute Gasteiger partial charge is 0.348 e. The van der Waals surface area contributed by atoms with Gasteiger partial charge in [-0.15, -0.1) is 0 Å². The van der Waals surface area contributed by atoms with Crippen LogP contribution >= 0.6 is 0 Å². The summed E-state index contributed by atoms with van der Waals surface area (Å²) in [5, 5.41) is 8.28. The van der Waals surface area contributed by atoms with E-state index < -0.39 is 83.3 Å². The Morgan fingerprint density at radius 1 is 1.16 bits per heavy atom. The summed E-state index contributed by atoms with van der Waals surface area (Å²) >= 11 is 0. The SMILES string of the molecule is CN(C(=O)C(Cc1cc(F)cc(F)c1)NC(=O)Cn1nc(C(F)(F)F)c2c1C(F)(F)C1CC21)c1ccc2c(c1)CNC2=O. The van der Waals surface area contributed by atoms with Gasteiger partial charge in [0.1, 0.15) is 29.9 Å². The molecule has 6 rings (SSSR count). The Labute approximate surface area is 238 Å². The third-order valence-electron chi connectivity index (χ3n) is 7.98. The molecule has 2 aromatic carbocycles. The number of aromatic nitrogens is 2. The molecule has 3 amide bonds. The molecule has 0 spiro atoms. The average molecular weight is 610 g/mol. The summed E-state index contributed by atoms with van der Waals surface area (Å²) in [6.07, 6.45) is -5.60. The maximum absolute atomic E-state index is 14.9. The summed E-state index contributed by atoms with van der Waals surface area (Å²) < 4.78 is 99.0. The quantitative estimate of drug-likeness (QED) is 0.396. The molecule has 1 aromatic heterocycles. The van der Waals surface area contributed by atoms with Gasteiger partial charge in [0.2, 0.25) is 11.8 Å². The predicted octanol–water partition coefficient (Wildman–Crippen LogP) is 4.02. The van der Waals surface area contributed by atoms with Crippen molar-refractivity contribution < 1.29 is 45.1 Å². The van der Waals surface area contributed by atoms with E-state index in [-0.39, 0.29) is 24.4 Å². The van der Waals surface area contributed by atoms with Crippen molar-refractivity contribution >= 4 is 23.4 Å². The van der Waals surface area contributed by atoms with Crippen molar-refractivity contribution in [3.8, 4) is 0 Å². The Balaban J connectivity index is 1.29. The van der Waals surface area contributed by atoms with E-state index in [9.17, 15) is 45.1 Å². The van der Waals surface area contributed by atoms with E-state index in [1.54, 1.807) is 6.07 Å². The monoisotopic (exact) mass is 609 g/mol. The zero-order chi connectivity index (χ0) is 31.0. The summed E-state index contributed by atoms with van der Waals surface area (Å²) in [5.74, 6) is -10.1. The topological polar surface area (TPSA) is 96.3 Å². The Kier molecular flexibility index (Phi) is 6.54. The molecule has 2 aliphatic carbocycles. The van der Waals surface area contributed by atoms with Gasteiger partial charge in [-0.05, 0) is 53.8 Å². The lowest BCUT2D eigenvalue weighted by atomic mass is 10.0. The van der Waals surface area contributed by atoms with Gasteiger partial charge in [0.25, 0.3) is 11.8 Å². The standard InChI is InChI=1S/C28H22F7N5O3/c1-39(16-2-3-17-13(7-16)10-36-25(17)42)26(43)20(6-12-4-14(29)8-15(30)5-12)37-21(41)11-40-24-22(23(38-40)28(33,34)35)18-9-19(18)27(24,31)32/h2-5,7-8,18-20H,6,9-11H2,1H3,(H,36,42)(H,37,41). The van der Waals surface area contributed by atoms with Gasteiger partial charge in [0.15, 0.2) is 5.69 Å². The number of anilines is 1. The number of nitrogens with one attached hydrogen (secondary N) is 2. The van der Waals surface area contributed by atoms with Gasteiger partial charge in [-0.25, -0.2) is 8.78 Å². The number of hydrogen-bond donors (Lipinski definition) is 2. The molecule has 3 aromatic rings. The molecule has 2 N–H and O–H groups in total. The fourth-order valence-corrected chi connectivity index (χ4v) is 5.92. The summed E-state index contributed by atoms with van der Waals surface area (Å²) in [6, 6.07) is 5.48. The second kappa shape index (κ2) is 9.81. The van der Waals surface area contributed by atoms with E-state index in [1.165, 1.54) is 19.2 Å². The predicted molar refractivity (Wildman–Crippen MR) is 135 cm³/mol. The number of nitrogens with zero attached hydrogens (tertiary/aromatic N) is 3. The summed E-state index contributed by atoms with van der Waals surface area (Å²) in [6.45, 7) is -0.849. The van der Waals surface area contributed by atoms with Crippen LogP contribution in [0.25, 0.3) is 0 Å². The number of alkyl halides is 5. The zero-order valence-corrected chi connectivity index (χ0v) is 22.2.